The summed E-state index contributed by atoms with van der Waals surface area (Å²) in [6.45, 7) is 0.598. The van der Waals surface area contributed by atoms with Gasteiger partial charge in [-0.05, 0) is 36.2 Å². The molecule has 23 heavy (non-hydrogen) atoms. The summed E-state index contributed by atoms with van der Waals surface area (Å²) in [4.78, 5) is 4.33. The minimum absolute atomic E-state index is 0. The van der Waals surface area contributed by atoms with Gasteiger partial charge in [-0.3, -0.25) is 4.99 Å². The molecule has 0 aliphatic carbocycles. The van der Waals surface area contributed by atoms with E-state index in [0.29, 0.717) is 12.5 Å². The molecule has 0 bridgehead atoms. The Morgan fingerprint density at radius 1 is 1.09 bits per heavy atom. The predicted octanol–water partition coefficient (Wildman–Crippen LogP) is 3.29. The van der Waals surface area contributed by atoms with Crippen LogP contribution in [0.4, 0.5) is 5.69 Å². The second-order valence-electron chi connectivity index (χ2n) is 4.69. The van der Waals surface area contributed by atoms with E-state index < -0.39 is 0 Å². The van der Waals surface area contributed by atoms with Gasteiger partial charge in [-0.15, -0.1) is 24.0 Å². The first kappa shape index (κ1) is 19.1. The zero-order chi connectivity index (χ0) is 15.8. The largest absolute Gasteiger partial charge is 0.497 e. The molecule has 0 fully saturated rings. The minimum Gasteiger partial charge on any atom is -0.497 e. The number of methoxy groups -OCH3 is 2. The first-order valence-electron chi connectivity index (χ1n) is 7.06. The number of nitrogens with one attached hydrogen (secondary N) is 1. The van der Waals surface area contributed by atoms with Crippen LogP contribution in [-0.2, 0) is 6.42 Å². The fraction of sp³-hybridized carbons (Fsp3) is 0.235. The van der Waals surface area contributed by atoms with Gasteiger partial charge in [0.1, 0.15) is 11.5 Å². The average Bonchev–Trinajstić information content (AvgIpc) is 2.55. The molecule has 0 aromatic heterocycles. The van der Waals surface area contributed by atoms with Crippen LogP contribution in [0.5, 0.6) is 11.5 Å². The van der Waals surface area contributed by atoms with E-state index in [0.717, 1.165) is 29.2 Å². The van der Waals surface area contributed by atoms with E-state index in [9.17, 15) is 0 Å². The molecule has 2 rings (SSSR count). The maximum absolute atomic E-state index is 5.91. The van der Waals surface area contributed by atoms with Gasteiger partial charge in [-0.2, -0.15) is 0 Å². The van der Waals surface area contributed by atoms with Crippen molar-refractivity contribution in [1.82, 2.24) is 0 Å². The third-order valence-corrected chi connectivity index (χ3v) is 3.19. The van der Waals surface area contributed by atoms with Gasteiger partial charge in [0.05, 0.1) is 19.9 Å². The standard InChI is InChI=1S/C17H21N3O2.HI/c1-21-14-7-5-6-13(12-14)10-11-19-17(18)20-15-8-3-4-9-16(15)22-2;/h3-9,12H,10-11H2,1-2H3,(H3,18,19,20);1H. The number of aliphatic imine (C=N–C) groups is 1. The molecule has 124 valence electrons. The van der Waals surface area contributed by atoms with Crippen LogP contribution in [0.25, 0.3) is 0 Å². The molecule has 6 heteroatoms. The van der Waals surface area contributed by atoms with Gasteiger partial charge < -0.3 is 20.5 Å². The van der Waals surface area contributed by atoms with Gasteiger partial charge in [-0.25, -0.2) is 0 Å². The van der Waals surface area contributed by atoms with Crippen molar-refractivity contribution in [2.75, 3.05) is 26.1 Å². The van der Waals surface area contributed by atoms with E-state index in [-0.39, 0.29) is 24.0 Å². The number of halogens is 1. The average molecular weight is 427 g/mol. The van der Waals surface area contributed by atoms with Gasteiger partial charge in [0, 0.05) is 6.54 Å². The highest BCUT2D eigenvalue weighted by atomic mass is 127. The van der Waals surface area contributed by atoms with Crippen LogP contribution >= 0.6 is 24.0 Å². The molecule has 5 nitrogen and oxygen atoms in total. The molecular weight excluding hydrogens is 405 g/mol. The number of rotatable bonds is 6. The first-order chi connectivity index (χ1) is 10.7. The van der Waals surface area contributed by atoms with Crippen LogP contribution in [-0.4, -0.2) is 26.7 Å². The summed E-state index contributed by atoms with van der Waals surface area (Å²) >= 11 is 0. The molecule has 0 amide bonds. The zero-order valence-electron chi connectivity index (χ0n) is 13.3. The lowest BCUT2D eigenvalue weighted by molar-refractivity contribution is 0.414. The van der Waals surface area contributed by atoms with Crippen molar-refractivity contribution < 1.29 is 9.47 Å². The maximum Gasteiger partial charge on any atom is 0.193 e. The van der Waals surface area contributed by atoms with Gasteiger partial charge >= 0.3 is 0 Å². The number of nitrogens with two attached hydrogens (primary N) is 1. The summed E-state index contributed by atoms with van der Waals surface area (Å²) < 4.78 is 10.5. The van der Waals surface area contributed by atoms with E-state index in [1.807, 2.05) is 48.5 Å². The summed E-state index contributed by atoms with van der Waals surface area (Å²) in [6, 6.07) is 15.5. The molecule has 0 aliphatic rings. The highest BCUT2D eigenvalue weighted by molar-refractivity contribution is 14.0. The summed E-state index contributed by atoms with van der Waals surface area (Å²) in [6.07, 6.45) is 0.797. The second kappa shape index (κ2) is 9.94. The number of guanidine groups is 1. The molecule has 2 aromatic carbocycles. The van der Waals surface area contributed by atoms with E-state index in [4.69, 9.17) is 15.2 Å². The molecule has 0 radical (unpaired) electrons. The van der Waals surface area contributed by atoms with Crippen LogP contribution in [0.15, 0.2) is 53.5 Å². The second-order valence-corrected chi connectivity index (χ2v) is 4.69. The SMILES string of the molecule is COc1cccc(CCN=C(N)Nc2ccccc2OC)c1.I. The lowest BCUT2D eigenvalue weighted by Crippen LogP contribution is -2.23. The Labute approximate surface area is 153 Å². The highest BCUT2D eigenvalue weighted by Gasteiger charge is 2.02. The normalized spacial score (nSPS) is 10.6. The molecule has 2 aromatic rings. The van der Waals surface area contributed by atoms with Crippen molar-refractivity contribution in [3.63, 3.8) is 0 Å². The Morgan fingerprint density at radius 2 is 1.87 bits per heavy atom. The molecule has 0 saturated carbocycles. The predicted molar refractivity (Wildman–Crippen MR) is 105 cm³/mol. The number of ether oxygens (including phenoxy) is 2. The maximum atomic E-state index is 5.91. The van der Waals surface area contributed by atoms with Gasteiger partial charge in [0.15, 0.2) is 5.96 Å². The van der Waals surface area contributed by atoms with E-state index >= 15 is 0 Å². The molecule has 0 unspecified atom stereocenters. The van der Waals surface area contributed by atoms with Crippen molar-refractivity contribution in [3.8, 4) is 11.5 Å². The fourth-order valence-corrected chi connectivity index (χ4v) is 2.06. The zero-order valence-corrected chi connectivity index (χ0v) is 15.6. The molecule has 0 atom stereocenters. The van der Waals surface area contributed by atoms with Gasteiger partial charge in [0.2, 0.25) is 0 Å². The van der Waals surface area contributed by atoms with Crippen LogP contribution in [0.3, 0.4) is 0 Å². The van der Waals surface area contributed by atoms with Crippen molar-refractivity contribution in [2.24, 2.45) is 10.7 Å². The Bertz CT molecular complexity index is 647. The Morgan fingerprint density at radius 3 is 2.61 bits per heavy atom. The highest BCUT2D eigenvalue weighted by Crippen LogP contribution is 2.22. The van der Waals surface area contributed by atoms with Crippen molar-refractivity contribution in [3.05, 3.63) is 54.1 Å². The molecule has 0 spiro atoms. The number of hydrogen-bond acceptors (Lipinski definition) is 3. The molecule has 0 saturated heterocycles. The molecule has 0 aliphatic heterocycles. The van der Waals surface area contributed by atoms with Crippen molar-refractivity contribution in [1.29, 1.82) is 0 Å². The molecular formula is C17H22IN3O2. The number of nitrogens with zero attached hydrogens (tertiary/aromatic N) is 1. The number of para-hydroxylation sites is 2. The van der Waals surface area contributed by atoms with Crippen molar-refractivity contribution in [2.45, 2.75) is 6.42 Å². The number of anilines is 1. The third kappa shape index (κ3) is 5.97. The molecule has 3 N–H and O–H groups in total. The fourth-order valence-electron chi connectivity index (χ4n) is 2.06. The summed E-state index contributed by atoms with van der Waals surface area (Å²) in [5, 5.41) is 3.05. The minimum atomic E-state index is 0. The molecule has 0 heterocycles. The third-order valence-electron chi connectivity index (χ3n) is 3.19. The van der Waals surface area contributed by atoms with E-state index in [2.05, 4.69) is 10.3 Å². The lowest BCUT2D eigenvalue weighted by Gasteiger charge is -2.10. The summed E-state index contributed by atoms with van der Waals surface area (Å²) in [7, 11) is 3.28. The summed E-state index contributed by atoms with van der Waals surface area (Å²) in [5.41, 5.74) is 7.87. The number of benzene rings is 2. The van der Waals surface area contributed by atoms with E-state index in [1.54, 1.807) is 14.2 Å². The Kier molecular flexibility index (Phi) is 8.25. The first-order valence-corrected chi connectivity index (χ1v) is 7.06. The Hall–Kier alpha value is -1.96. The quantitative estimate of drug-likeness (QED) is 0.422. The smallest absolute Gasteiger partial charge is 0.193 e. The van der Waals surface area contributed by atoms with Crippen molar-refractivity contribution >= 4 is 35.6 Å². The summed E-state index contributed by atoms with van der Waals surface area (Å²) in [5.74, 6) is 1.95. The topological polar surface area (TPSA) is 68.9 Å². The van der Waals surface area contributed by atoms with Crippen LogP contribution in [0, 0.1) is 0 Å². The Balaban J connectivity index is 0.00000264. The lowest BCUT2D eigenvalue weighted by atomic mass is 10.1. The monoisotopic (exact) mass is 427 g/mol. The van der Waals surface area contributed by atoms with Gasteiger partial charge in [0.25, 0.3) is 0 Å². The van der Waals surface area contributed by atoms with Crippen LogP contribution < -0.4 is 20.5 Å². The van der Waals surface area contributed by atoms with E-state index in [1.165, 1.54) is 0 Å². The van der Waals surface area contributed by atoms with Gasteiger partial charge in [-0.1, -0.05) is 24.3 Å². The van der Waals surface area contributed by atoms with Crippen LogP contribution in [0.1, 0.15) is 5.56 Å². The van der Waals surface area contributed by atoms with Crippen LogP contribution in [0.2, 0.25) is 0 Å². The number of hydrogen-bond donors (Lipinski definition) is 2.